The Morgan fingerprint density at radius 3 is 2.13 bits per heavy atom. The number of hydrogen-bond acceptors (Lipinski definition) is 5. The largest absolute Gasteiger partial charge is 0.497 e. The van der Waals surface area contributed by atoms with Gasteiger partial charge in [-0.3, -0.25) is 9.59 Å². The smallest absolute Gasteiger partial charge is 0.340 e. The normalized spacial score (nSPS) is 10.1. The highest BCUT2D eigenvalue weighted by Gasteiger charge is 2.17. The molecule has 2 amide bonds. The molecule has 158 valence electrons. The second-order valence-corrected chi connectivity index (χ2v) is 6.67. The molecule has 3 aromatic rings. The summed E-state index contributed by atoms with van der Waals surface area (Å²) in [5, 5.41) is 5.40. The number of hydrogen-bond donors (Lipinski definition) is 2. The molecular weight excluding hydrogens is 396 g/mol. The second kappa shape index (κ2) is 10.1. The summed E-state index contributed by atoms with van der Waals surface area (Å²) in [6.07, 6.45) is 0. The van der Waals surface area contributed by atoms with Gasteiger partial charge in [-0.05, 0) is 55.0 Å². The zero-order valence-corrected chi connectivity index (χ0v) is 17.2. The van der Waals surface area contributed by atoms with Crippen LogP contribution in [0.5, 0.6) is 5.75 Å². The summed E-state index contributed by atoms with van der Waals surface area (Å²) in [5.74, 6) is -0.933. The van der Waals surface area contributed by atoms with Crippen molar-refractivity contribution in [2.45, 2.75) is 6.92 Å². The van der Waals surface area contributed by atoms with Gasteiger partial charge in [0.15, 0.2) is 6.61 Å². The van der Waals surface area contributed by atoms with Crippen molar-refractivity contribution in [2.75, 3.05) is 24.4 Å². The topological polar surface area (TPSA) is 93.7 Å². The molecule has 0 aromatic heterocycles. The van der Waals surface area contributed by atoms with Crippen molar-refractivity contribution < 1.29 is 23.9 Å². The fourth-order valence-corrected chi connectivity index (χ4v) is 2.82. The molecule has 0 saturated carbocycles. The maximum absolute atomic E-state index is 12.5. The molecule has 0 saturated heterocycles. The van der Waals surface area contributed by atoms with E-state index >= 15 is 0 Å². The number of esters is 1. The van der Waals surface area contributed by atoms with Gasteiger partial charge in [0, 0.05) is 11.3 Å². The molecule has 0 radical (unpaired) electrons. The molecular formula is C24H22N2O5. The van der Waals surface area contributed by atoms with Crippen LogP contribution < -0.4 is 15.4 Å². The van der Waals surface area contributed by atoms with Crippen LogP contribution in [0.25, 0.3) is 0 Å². The summed E-state index contributed by atoms with van der Waals surface area (Å²) < 4.78 is 10.2. The third-order valence-electron chi connectivity index (χ3n) is 4.50. The first kappa shape index (κ1) is 21.6. The quantitative estimate of drug-likeness (QED) is 0.565. The van der Waals surface area contributed by atoms with E-state index in [1.165, 1.54) is 13.2 Å². The maximum atomic E-state index is 12.5. The van der Waals surface area contributed by atoms with E-state index in [4.69, 9.17) is 9.47 Å². The number of ether oxygens (including phenoxy) is 2. The number of benzene rings is 3. The minimum Gasteiger partial charge on any atom is -0.497 e. The molecule has 2 N–H and O–H groups in total. The van der Waals surface area contributed by atoms with Gasteiger partial charge in [0.25, 0.3) is 11.8 Å². The number of amides is 2. The third kappa shape index (κ3) is 5.70. The number of aryl methyl sites for hydroxylation is 1. The highest BCUT2D eigenvalue weighted by molar-refractivity contribution is 6.08. The Morgan fingerprint density at radius 2 is 1.45 bits per heavy atom. The van der Waals surface area contributed by atoms with Crippen LogP contribution in [-0.4, -0.2) is 31.5 Å². The van der Waals surface area contributed by atoms with Crippen LogP contribution in [0, 0.1) is 6.92 Å². The highest BCUT2D eigenvalue weighted by Crippen LogP contribution is 2.19. The SMILES string of the molecule is COc1ccc(C(=O)Nc2ccccc2C(=O)OCC(=O)Nc2ccccc2C)cc1. The zero-order chi connectivity index (χ0) is 22.2. The molecule has 7 heteroatoms. The summed E-state index contributed by atoms with van der Waals surface area (Å²) in [7, 11) is 1.54. The van der Waals surface area contributed by atoms with Crippen LogP contribution in [-0.2, 0) is 9.53 Å². The average molecular weight is 418 g/mol. The average Bonchev–Trinajstić information content (AvgIpc) is 2.79. The first-order valence-electron chi connectivity index (χ1n) is 9.55. The van der Waals surface area contributed by atoms with Gasteiger partial charge in [0.05, 0.1) is 18.4 Å². The Balaban J connectivity index is 1.63. The lowest BCUT2D eigenvalue weighted by Gasteiger charge is -2.12. The number of carbonyl (C=O) groups is 3. The Bertz CT molecular complexity index is 1090. The lowest BCUT2D eigenvalue weighted by molar-refractivity contribution is -0.119. The highest BCUT2D eigenvalue weighted by atomic mass is 16.5. The predicted octanol–water partition coefficient (Wildman–Crippen LogP) is 4.05. The van der Waals surface area contributed by atoms with Crippen molar-refractivity contribution in [3.8, 4) is 5.75 Å². The van der Waals surface area contributed by atoms with E-state index in [1.807, 2.05) is 19.1 Å². The minimum absolute atomic E-state index is 0.146. The molecule has 0 aliphatic carbocycles. The van der Waals surface area contributed by atoms with Gasteiger partial charge in [-0.1, -0.05) is 30.3 Å². The molecule has 3 rings (SSSR count). The molecule has 0 fully saturated rings. The van der Waals surface area contributed by atoms with Crippen molar-refractivity contribution in [3.05, 3.63) is 89.5 Å². The van der Waals surface area contributed by atoms with Crippen molar-refractivity contribution in [1.82, 2.24) is 0 Å². The Morgan fingerprint density at radius 1 is 0.806 bits per heavy atom. The van der Waals surface area contributed by atoms with E-state index in [9.17, 15) is 14.4 Å². The van der Waals surface area contributed by atoms with Gasteiger partial charge in [-0.2, -0.15) is 0 Å². The molecule has 0 atom stereocenters. The number of rotatable bonds is 7. The number of carbonyl (C=O) groups excluding carboxylic acids is 3. The Kier molecular flexibility index (Phi) is 7.01. The van der Waals surface area contributed by atoms with Gasteiger partial charge in [0.1, 0.15) is 5.75 Å². The molecule has 31 heavy (non-hydrogen) atoms. The van der Waals surface area contributed by atoms with E-state index < -0.39 is 18.5 Å². The Hall–Kier alpha value is -4.13. The number of para-hydroxylation sites is 2. The van der Waals surface area contributed by atoms with Gasteiger partial charge in [-0.15, -0.1) is 0 Å². The Labute approximate surface area is 180 Å². The van der Waals surface area contributed by atoms with E-state index in [1.54, 1.807) is 54.6 Å². The van der Waals surface area contributed by atoms with E-state index in [-0.39, 0.29) is 17.2 Å². The monoisotopic (exact) mass is 418 g/mol. The molecule has 3 aromatic carbocycles. The fourth-order valence-electron chi connectivity index (χ4n) is 2.82. The van der Waals surface area contributed by atoms with Crippen molar-refractivity contribution in [1.29, 1.82) is 0 Å². The van der Waals surface area contributed by atoms with Crippen LogP contribution in [0.1, 0.15) is 26.3 Å². The van der Waals surface area contributed by atoms with Crippen LogP contribution >= 0.6 is 0 Å². The number of methoxy groups -OCH3 is 1. The molecule has 0 heterocycles. The zero-order valence-electron chi connectivity index (χ0n) is 17.2. The third-order valence-corrected chi connectivity index (χ3v) is 4.50. The van der Waals surface area contributed by atoms with Crippen molar-refractivity contribution >= 4 is 29.2 Å². The van der Waals surface area contributed by atoms with Gasteiger partial charge in [0.2, 0.25) is 0 Å². The standard InChI is InChI=1S/C24H22N2O5/c1-16-7-3-5-9-20(16)25-22(27)15-31-24(29)19-8-4-6-10-21(19)26-23(28)17-11-13-18(30-2)14-12-17/h3-14H,15H2,1-2H3,(H,25,27)(H,26,28). The maximum Gasteiger partial charge on any atom is 0.340 e. The summed E-state index contributed by atoms with van der Waals surface area (Å²) >= 11 is 0. The molecule has 0 aliphatic heterocycles. The van der Waals surface area contributed by atoms with Gasteiger partial charge < -0.3 is 20.1 Å². The van der Waals surface area contributed by atoms with E-state index in [2.05, 4.69) is 10.6 Å². The van der Waals surface area contributed by atoms with Crippen LogP contribution in [0.2, 0.25) is 0 Å². The lowest BCUT2D eigenvalue weighted by atomic mass is 10.1. The summed E-state index contributed by atoms with van der Waals surface area (Å²) in [6, 6.07) is 20.3. The van der Waals surface area contributed by atoms with Crippen LogP contribution in [0.3, 0.4) is 0 Å². The number of anilines is 2. The molecule has 0 bridgehead atoms. The van der Waals surface area contributed by atoms with Crippen LogP contribution in [0.15, 0.2) is 72.8 Å². The molecule has 0 aliphatic rings. The number of nitrogens with one attached hydrogen (secondary N) is 2. The summed E-state index contributed by atoms with van der Waals surface area (Å²) in [6.45, 7) is 1.41. The molecule has 0 unspecified atom stereocenters. The fraction of sp³-hybridized carbons (Fsp3) is 0.125. The van der Waals surface area contributed by atoms with E-state index in [0.717, 1.165) is 5.56 Å². The van der Waals surface area contributed by atoms with Gasteiger partial charge in [-0.25, -0.2) is 4.79 Å². The van der Waals surface area contributed by atoms with Gasteiger partial charge >= 0.3 is 5.97 Å². The summed E-state index contributed by atoms with van der Waals surface area (Å²) in [5.41, 5.74) is 2.38. The van der Waals surface area contributed by atoms with Crippen LogP contribution in [0.4, 0.5) is 11.4 Å². The second-order valence-electron chi connectivity index (χ2n) is 6.67. The molecule has 7 nitrogen and oxygen atoms in total. The minimum atomic E-state index is -0.717. The first-order chi connectivity index (χ1) is 15.0. The van der Waals surface area contributed by atoms with Crippen molar-refractivity contribution in [2.24, 2.45) is 0 Å². The summed E-state index contributed by atoms with van der Waals surface area (Å²) in [4.78, 5) is 37.2. The predicted molar refractivity (Wildman–Crippen MR) is 117 cm³/mol. The van der Waals surface area contributed by atoms with E-state index in [0.29, 0.717) is 17.0 Å². The van der Waals surface area contributed by atoms with Crippen molar-refractivity contribution in [3.63, 3.8) is 0 Å². The first-order valence-corrected chi connectivity index (χ1v) is 9.55. The lowest BCUT2D eigenvalue weighted by Crippen LogP contribution is -2.22. The molecule has 0 spiro atoms.